The average Bonchev–Trinajstić information content (AvgIpc) is 2.36. The summed E-state index contributed by atoms with van der Waals surface area (Å²) in [5.41, 5.74) is 3.82. The highest BCUT2D eigenvalue weighted by molar-refractivity contribution is 6.30. The first-order valence-electron chi connectivity index (χ1n) is 6.19. The average molecular weight is 260 g/mol. The molecule has 0 heterocycles. The van der Waals surface area contributed by atoms with E-state index in [9.17, 15) is 0 Å². The van der Waals surface area contributed by atoms with Crippen LogP contribution in [0.2, 0.25) is 5.02 Å². The molecule has 1 nitrogen and oxygen atoms in total. The molecular weight excluding hydrogens is 242 g/mol. The Labute approximate surface area is 114 Å². The van der Waals surface area contributed by atoms with Crippen molar-refractivity contribution in [2.24, 2.45) is 0 Å². The predicted octanol–water partition coefficient (Wildman–Crippen LogP) is 4.50. The van der Waals surface area contributed by atoms with Crippen LogP contribution in [0.25, 0.3) is 0 Å². The molecule has 0 bridgehead atoms. The zero-order chi connectivity index (χ0) is 13.0. The molecule has 0 fully saturated rings. The fourth-order valence-corrected chi connectivity index (χ4v) is 2.19. The predicted molar refractivity (Wildman–Crippen MR) is 77.9 cm³/mol. The number of hydrogen-bond acceptors (Lipinski definition) is 1. The number of hydrogen-bond donors (Lipinski definition) is 1. The summed E-state index contributed by atoms with van der Waals surface area (Å²) in [7, 11) is 0. The highest BCUT2D eigenvalue weighted by Crippen LogP contribution is 2.15. The lowest BCUT2D eigenvalue weighted by Gasteiger charge is -2.15. The normalized spacial score (nSPS) is 12.4. The highest BCUT2D eigenvalue weighted by Gasteiger charge is 2.04. The van der Waals surface area contributed by atoms with Crippen molar-refractivity contribution >= 4 is 11.6 Å². The summed E-state index contributed by atoms with van der Waals surface area (Å²) in [5, 5.41) is 4.30. The highest BCUT2D eigenvalue weighted by atomic mass is 35.5. The van der Waals surface area contributed by atoms with E-state index < -0.39 is 0 Å². The molecule has 94 valence electrons. The maximum Gasteiger partial charge on any atom is 0.0409 e. The molecule has 0 aliphatic heterocycles. The van der Waals surface area contributed by atoms with Gasteiger partial charge in [0.15, 0.2) is 0 Å². The van der Waals surface area contributed by atoms with Gasteiger partial charge in [-0.2, -0.15) is 0 Å². The van der Waals surface area contributed by atoms with Gasteiger partial charge in [-0.3, -0.25) is 0 Å². The third-order valence-electron chi connectivity index (χ3n) is 3.04. The summed E-state index contributed by atoms with van der Waals surface area (Å²) in [6.07, 6.45) is 0. The van der Waals surface area contributed by atoms with E-state index >= 15 is 0 Å². The first-order valence-corrected chi connectivity index (χ1v) is 6.57. The lowest BCUT2D eigenvalue weighted by atomic mass is 10.1. The molecule has 2 heteroatoms. The van der Waals surface area contributed by atoms with Gasteiger partial charge in [-0.15, -0.1) is 0 Å². The van der Waals surface area contributed by atoms with Crippen LogP contribution in [-0.2, 0) is 6.54 Å². The van der Waals surface area contributed by atoms with Gasteiger partial charge in [0, 0.05) is 17.6 Å². The van der Waals surface area contributed by atoms with Gasteiger partial charge in [0.2, 0.25) is 0 Å². The van der Waals surface area contributed by atoms with Gasteiger partial charge in [0.1, 0.15) is 0 Å². The number of benzene rings is 2. The Balaban J connectivity index is 1.98. The lowest BCUT2D eigenvalue weighted by molar-refractivity contribution is 0.574. The van der Waals surface area contributed by atoms with Gasteiger partial charge in [-0.25, -0.2) is 0 Å². The van der Waals surface area contributed by atoms with Crippen molar-refractivity contribution in [3.05, 3.63) is 70.2 Å². The third kappa shape index (κ3) is 3.59. The van der Waals surface area contributed by atoms with Crippen molar-refractivity contribution in [1.82, 2.24) is 5.32 Å². The molecule has 0 radical (unpaired) electrons. The maximum absolute atomic E-state index is 5.97. The fraction of sp³-hybridized carbons (Fsp3) is 0.250. The Morgan fingerprint density at radius 2 is 1.89 bits per heavy atom. The van der Waals surface area contributed by atoms with E-state index in [0.29, 0.717) is 6.04 Å². The number of nitrogens with one attached hydrogen (secondary N) is 1. The molecule has 0 aromatic heterocycles. The molecule has 0 aliphatic carbocycles. The van der Waals surface area contributed by atoms with Crippen LogP contribution in [0.1, 0.15) is 29.7 Å². The van der Waals surface area contributed by atoms with Gasteiger partial charge >= 0.3 is 0 Å². The second-order valence-corrected chi connectivity index (χ2v) is 5.08. The molecule has 0 amide bonds. The van der Waals surface area contributed by atoms with Crippen molar-refractivity contribution in [2.45, 2.75) is 26.4 Å². The summed E-state index contributed by atoms with van der Waals surface area (Å²) in [6.45, 7) is 5.13. The second-order valence-electron chi connectivity index (χ2n) is 4.65. The molecule has 0 unspecified atom stereocenters. The van der Waals surface area contributed by atoms with Crippen LogP contribution in [0.3, 0.4) is 0 Å². The van der Waals surface area contributed by atoms with Gasteiger partial charge in [0.25, 0.3) is 0 Å². The Morgan fingerprint density at radius 3 is 2.61 bits per heavy atom. The number of aryl methyl sites for hydroxylation is 1. The van der Waals surface area contributed by atoms with E-state index in [2.05, 4.69) is 49.5 Å². The minimum Gasteiger partial charge on any atom is -0.306 e. The molecule has 1 N–H and O–H groups in total. The molecule has 18 heavy (non-hydrogen) atoms. The smallest absolute Gasteiger partial charge is 0.0409 e. The number of rotatable bonds is 4. The minimum atomic E-state index is 0.337. The molecule has 1 atom stereocenters. The number of halogens is 1. The van der Waals surface area contributed by atoms with Crippen molar-refractivity contribution in [1.29, 1.82) is 0 Å². The monoisotopic (exact) mass is 259 g/mol. The lowest BCUT2D eigenvalue weighted by Crippen LogP contribution is -2.18. The second kappa shape index (κ2) is 6.03. The van der Waals surface area contributed by atoms with Crippen LogP contribution in [0.5, 0.6) is 0 Å². The van der Waals surface area contributed by atoms with Gasteiger partial charge in [0.05, 0.1) is 0 Å². The summed E-state index contributed by atoms with van der Waals surface area (Å²) < 4.78 is 0. The Bertz CT molecular complexity index is 522. The Kier molecular flexibility index (Phi) is 4.40. The molecule has 0 aliphatic rings. The quantitative estimate of drug-likeness (QED) is 0.853. The summed E-state index contributed by atoms with van der Waals surface area (Å²) in [6, 6.07) is 16.9. The molecule has 0 spiro atoms. The van der Waals surface area contributed by atoms with Crippen LogP contribution < -0.4 is 5.32 Å². The van der Waals surface area contributed by atoms with E-state index in [0.717, 1.165) is 11.6 Å². The molecule has 2 aromatic carbocycles. The van der Waals surface area contributed by atoms with Crippen LogP contribution in [-0.4, -0.2) is 0 Å². The van der Waals surface area contributed by atoms with Crippen LogP contribution in [0.15, 0.2) is 48.5 Å². The van der Waals surface area contributed by atoms with Gasteiger partial charge < -0.3 is 5.32 Å². The van der Waals surface area contributed by atoms with Gasteiger partial charge in [-0.05, 0) is 37.1 Å². The van der Waals surface area contributed by atoms with Crippen LogP contribution in [0.4, 0.5) is 0 Å². The molecule has 0 saturated heterocycles. The topological polar surface area (TPSA) is 12.0 Å². The van der Waals surface area contributed by atoms with E-state index in [-0.39, 0.29) is 0 Å². The van der Waals surface area contributed by atoms with E-state index in [1.54, 1.807) is 0 Å². The zero-order valence-corrected chi connectivity index (χ0v) is 11.5. The summed E-state index contributed by atoms with van der Waals surface area (Å²) in [4.78, 5) is 0. The van der Waals surface area contributed by atoms with Crippen LogP contribution >= 0.6 is 11.6 Å². The summed E-state index contributed by atoms with van der Waals surface area (Å²) in [5.74, 6) is 0. The molecule has 2 aromatic rings. The van der Waals surface area contributed by atoms with Gasteiger partial charge in [-0.1, -0.05) is 53.6 Å². The fourth-order valence-electron chi connectivity index (χ4n) is 1.98. The third-order valence-corrected chi connectivity index (χ3v) is 3.28. The van der Waals surface area contributed by atoms with Crippen molar-refractivity contribution < 1.29 is 0 Å². The van der Waals surface area contributed by atoms with E-state index in [1.807, 2.05) is 18.2 Å². The molecular formula is C16H18ClN. The van der Waals surface area contributed by atoms with E-state index in [1.165, 1.54) is 16.7 Å². The largest absolute Gasteiger partial charge is 0.306 e. The van der Waals surface area contributed by atoms with Crippen LogP contribution in [0, 0.1) is 6.92 Å². The minimum absolute atomic E-state index is 0.337. The zero-order valence-electron chi connectivity index (χ0n) is 10.8. The molecule has 0 saturated carbocycles. The Morgan fingerprint density at radius 1 is 1.11 bits per heavy atom. The molecule has 2 rings (SSSR count). The van der Waals surface area contributed by atoms with Crippen molar-refractivity contribution in [3.8, 4) is 0 Å². The first kappa shape index (κ1) is 13.1. The Hall–Kier alpha value is -1.31. The first-order chi connectivity index (χ1) is 8.65. The summed E-state index contributed by atoms with van der Waals surface area (Å²) >= 11 is 5.97. The van der Waals surface area contributed by atoms with Crippen molar-refractivity contribution in [2.75, 3.05) is 0 Å². The van der Waals surface area contributed by atoms with Crippen molar-refractivity contribution in [3.63, 3.8) is 0 Å². The maximum atomic E-state index is 5.97. The standard InChI is InChI=1S/C16H18ClN/c1-12-5-3-7-15(9-12)13(2)18-11-14-6-4-8-16(17)10-14/h3-10,13,18H,11H2,1-2H3/t13-/m1/s1. The SMILES string of the molecule is Cc1cccc([C@@H](C)NCc2cccc(Cl)c2)c1. The van der Waals surface area contributed by atoms with E-state index in [4.69, 9.17) is 11.6 Å².